The fourth-order valence-corrected chi connectivity index (χ4v) is 2.95. The van der Waals surface area contributed by atoms with E-state index in [9.17, 15) is 4.79 Å². The van der Waals surface area contributed by atoms with Gasteiger partial charge in [0.25, 0.3) is 0 Å². The molecule has 18 heavy (non-hydrogen) atoms. The van der Waals surface area contributed by atoms with Crippen LogP contribution in [-0.4, -0.2) is 36.4 Å². The van der Waals surface area contributed by atoms with Crippen molar-refractivity contribution >= 4 is 11.7 Å². The van der Waals surface area contributed by atoms with E-state index in [1.165, 1.54) is 0 Å². The molecule has 1 aromatic rings. The van der Waals surface area contributed by atoms with Crippen molar-refractivity contribution in [2.75, 3.05) is 18.0 Å². The number of hydrogen-bond acceptors (Lipinski definition) is 3. The van der Waals surface area contributed by atoms with Gasteiger partial charge in [0.2, 0.25) is 0 Å². The smallest absolute Gasteiger partial charge is 0.335 e. The van der Waals surface area contributed by atoms with Crippen LogP contribution in [0.3, 0.4) is 0 Å². The number of aryl methyl sites for hydroxylation is 1. The molecule has 1 N–H and O–H groups in total. The van der Waals surface area contributed by atoms with E-state index in [0.29, 0.717) is 17.8 Å². The van der Waals surface area contributed by atoms with Crippen molar-refractivity contribution in [2.24, 2.45) is 0 Å². The van der Waals surface area contributed by atoms with Gasteiger partial charge < -0.3 is 14.7 Å². The number of anilines is 1. The summed E-state index contributed by atoms with van der Waals surface area (Å²) in [6.07, 6.45) is 2.99. The van der Waals surface area contributed by atoms with Crippen LogP contribution in [0.5, 0.6) is 0 Å². The lowest BCUT2D eigenvalue weighted by molar-refractivity contribution is 0.0304. The minimum atomic E-state index is -0.869. The molecule has 0 aliphatic carbocycles. The van der Waals surface area contributed by atoms with Crippen LogP contribution < -0.4 is 4.90 Å². The third kappa shape index (κ3) is 1.97. The van der Waals surface area contributed by atoms with Crippen LogP contribution in [0.15, 0.2) is 18.2 Å². The summed E-state index contributed by atoms with van der Waals surface area (Å²) in [5.41, 5.74) is 2.52. The molecule has 2 aliphatic rings. The molecule has 0 aromatic heterocycles. The van der Waals surface area contributed by atoms with Crippen molar-refractivity contribution in [2.45, 2.75) is 32.0 Å². The predicted molar refractivity (Wildman–Crippen MR) is 68.2 cm³/mol. The van der Waals surface area contributed by atoms with Crippen molar-refractivity contribution < 1.29 is 14.6 Å². The molecule has 2 fully saturated rings. The molecule has 96 valence electrons. The third-order valence-electron chi connectivity index (χ3n) is 3.83. The Labute approximate surface area is 106 Å². The molecule has 0 radical (unpaired) electrons. The van der Waals surface area contributed by atoms with Gasteiger partial charge in [-0.05, 0) is 43.5 Å². The van der Waals surface area contributed by atoms with Crippen LogP contribution in [0.2, 0.25) is 0 Å². The van der Waals surface area contributed by atoms with Crippen molar-refractivity contribution in [1.82, 2.24) is 0 Å². The quantitative estimate of drug-likeness (QED) is 0.869. The largest absolute Gasteiger partial charge is 0.478 e. The highest BCUT2D eigenvalue weighted by molar-refractivity contribution is 5.88. The molecule has 2 heterocycles. The van der Waals surface area contributed by atoms with E-state index in [2.05, 4.69) is 4.90 Å². The molecule has 3 rings (SSSR count). The normalized spacial score (nSPS) is 26.4. The molecule has 0 spiro atoms. The van der Waals surface area contributed by atoms with E-state index >= 15 is 0 Å². The van der Waals surface area contributed by atoms with E-state index < -0.39 is 5.97 Å². The first-order valence-electron chi connectivity index (χ1n) is 6.38. The summed E-state index contributed by atoms with van der Waals surface area (Å²) < 4.78 is 5.82. The van der Waals surface area contributed by atoms with Gasteiger partial charge in [-0.15, -0.1) is 0 Å². The van der Waals surface area contributed by atoms with Gasteiger partial charge in [0, 0.05) is 18.8 Å². The predicted octanol–water partition coefficient (Wildman–Crippen LogP) is 2.06. The Kier molecular flexibility index (Phi) is 2.74. The number of aromatic carboxylic acids is 1. The molecular weight excluding hydrogens is 230 g/mol. The van der Waals surface area contributed by atoms with Crippen LogP contribution in [0.4, 0.5) is 5.69 Å². The highest BCUT2D eigenvalue weighted by Crippen LogP contribution is 2.31. The Hall–Kier alpha value is -1.55. The van der Waals surface area contributed by atoms with E-state index in [0.717, 1.165) is 37.2 Å². The maximum absolute atomic E-state index is 10.9. The second kappa shape index (κ2) is 4.28. The number of ether oxygens (including phenoxy) is 1. The molecule has 2 aliphatic heterocycles. The molecule has 0 amide bonds. The Morgan fingerprint density at radius 2 is 2.00 bits per heavy atom. The summed E-state index contributed by atoms with van der Waals surface area (Å²) in [6.45, 7) is 3.81. The maximum atomic E-state index is 10.9. The lowest BCUT2D eigenvalue weighted by Crippen LogP contribution is -2.42. The van der Waals surface area contributed by atoms with Gasteiger partial charge in [-0.2, -0.15) is 0 Å². The SMILES string of the molecule is Cc1cc(C(=O)O)ccc1N1CC2CCC(C1)O2. The van der Waals surface area contributed by atoms with Gasteiger partial charge in [-0.1, -0.05) is 0 Å². The van der Waals surface area contributed by atoms with E-state index in [1.807, 2.05) is 13.0 Å². The summed E-state index contributed by atoms with van der Waals surface area (Å²) in [5.74, 6) is -0.869. The van der Waals surface area contributed by atoms with Crippen LogP contribution in [0, 0.1) is 6.92 Å². The zero-order chi connectivity index (χ0) is 12.7. The van der Waals surface area contributed by atoms with Gasteiger partial charge in [0.05, 0.1) is 17.8 Å². The molecule has 2 atom stereocenters. The number of rotatable bonds is 2. The summed E-state index contributed by atoms with van der Waals surface area (Å²) in [5, 5.41) is 8.97. The van der Waals surface area contributed by atoms with Crippen molar-refractivity contribution in [3.8, 4) is 0 Å². The summed E-state index contributed by atoms with van der Waals surface area (Å²) in [6, 6.07) is 5.35. The number of nitrogens with zero attached hydrogens (tertiary/aromatic N) is 1. The summed E-state index contributed by atoms with van der Waals surface area (Å²) >= 11 is 0. The monoisotopic (exact) mass is 247 g/mol. The number of benzene rings is 1. The van der Waals surface area contributed by atoms with Gasteiger partial charge in [-0.3, -0.25) is 0 Å². The lowest BCUT2D eigenvalue weighted by atomic mass is 10.1. The molecule has 1 aromatic carbocycles. The van der Waals surface area contributed by atoms with Crippen LogP contribution >= 0.6 is 0 Å². The Morgan fingerprint density at radius 1 is 1.33 bits per heavy atom. The summed E-state index contributed by atoms with van der Waals surface area (Å²) in [4.78, 5) is 13.2. The fraction of sp³-hybridized carbons (Fsp3) is 0.500. The van der Waals surface area contributed by atoms with Gasteiger partial charge >= 0.3 is 5.97 Å². The first-order chi connectivity index (χ1) is 8.63. The number of carboxylic acids is 1. The van der Waals surface area contributed by atoms with E-state index in [-0.39, 0.29) is 0 Å². The standard InChI is InChI=1S/C14H17NO3/c1-9-6-10(14(16)17)2-5-13(9)15-7-11-3-4-12(8-15)18-11/h2,5-6,11-12H,3-4,7-8H2,1H3,(H,16,17). The molecule has 4 nitrogen and oxygen atoms in total. The number of hydrogen-bond donors (Lipinski definition) is 1. The van der Waals surface area contributed by atoms with E-state index in [4.69, 9.17) is 9.84 Å². The van der Waals surface area contributed by atoms with Crippen LogP contribution in [-0.2, 0) is 4.74 Å². The second-order valence-corrected chi connectivity index (χ2v) is 5.17. The molecular formula is C14H17NO3. The Morgan fingerprint density at radius 3 is 2.56 bits per heavy atom. The molecule has 2 bridgehead atoms. The average molecular weight is 247 g/mol. The van der Waals surface area contributed by atoms with Crippen molar-refractivity contribution in [1.29, 1.82) is 0 Å². The molecule has 2 saturated heterocycles. The number of carboxylic acid groups (broad SMARTS) is 1. The highest BCUT2D eigenvalue weighted by Gasteiger charge is 2.34. The number of morpholine rings is 1. The topological polar surface area (TPSA) is 49.8 Å². The second-order valence-electron chi connectivity index (χ2n) is 5.17. The number of carbonyl (C=O) groups is 1. The Bertz CT molecular complexity index is 474. The highest BCUT2D eigenvalue weighted by atomic mass is 16.5. The molecule has 2 unspecified atom stereocenters. The zero-order valence-electron chi connectivity index (χ0n) is 10.4. The van der Waals surface area contributed by atoms with Gasteiger partial charge in [-0.25, -0.2) is 4.79 Å². The molecule has 0 saturated carbocycles. The maximum Gasteiger partial charge on any atom is 0.335 e. The first-order valence-corrected chi connectivity index (χ1v) is 6.38. The number of fused-ring (bicyclic) bond motifs is 2. The summed E-state index contributed by atoms with van der Waals surface area (Å²) in [7, 11) is 0. The Balaban J connectivity index is 1.86. The lowest BCUT2D eigenvalue weighted by Gasteiger charge is -2.34. The van der Waals surface area contributed by atoms with Gasteiger partial charge in [0.15, 0.2) is 0 Å². The van der Waals surface area contributed by atoms with Crippen molar-refractivity contribution in [3.63, 3.8) is 0 Å². The minimum absolute atomic E-state index is 0.349. The van der Waals surface area contributed by atoms with Crippen LogP contribution in [0.1, 0.15) is 28.8 Å². The van der Waals surface area contributed by atoms with Gasteiger partial charge in [0.1, 0.15) is 0 Å². The minimum Gasteiger partial charge on any atom is -0.478 e. The van der Waals surface area contributed by atoms with E-state index in [1.54, 1.807) is 12.1 Å². The average Bonchev–Trinajstić information content (AvgIpc) is 2.68. The first kappa shape index (κ1) is 11.5. The molecule has 4 heteroatoms. The fourth-order valence-electron chi connectivity index (χ4n) is 2.95. The third-order valence-corrected chi connectivity index (χ3v) is 3.83. The zero-order valence-corrected chi connectivity index (χ0v) is 10.4. The van der Waals surface area contributed by atoms with Crippen molar-refractivity contribution in [3.05, 3.63) is 29.3 Å². The van der Waals surface area contributed by atoms with Crippen LogP contribution in [0.25, 0.3) is 0 Å².